The summed E-state index contributed by atoms with van der Waals surface area (Å²) in [5.41, 5.74) is -0.222. The van der Waals surface area contributed by atoms with E-state index >= 15 is 0 Å². The standard InChI is InChI=1S/C2H6OS.BF4/c1-2(3)4;2-1(3,4)5/h2-4H,1H3;/q;-1/p+1. The van der Waals surface area contributed by atoms with Crippen LogP contribution in [0.4, 0.5) is 17.3 Å². The van der Waals surface area contributed by atoms with Crippen molar-refractivity contribution in [3.8, 4) is 0 Å². The van der Waals surface area contributed by atoms with Crippen molar-refractivity contribution in [2.75, 3.05) is 0 Å². The first-order valence-electron chi connectivity index (χ1n) is 2.00. The van der Waals surface area contributed by atoms with Crippen LogP contribution in [0.1, 0.15) is 6.92 Å². The minimum absolute atomic E-state index is 0.222. The van der Waals surface area contributed by atoms with E-state index in [9.17, 15) is 17.3 Å². The fourth-order valence-electron chi connectivity index (χ4n) is 0. The highest BCUT2D eigenvalue weighted by Crippen LogP contribution is 2.06. The number of hydrogen-bond donors (Lipinski definition) is 1. The summed E-state index contributed by atoms with van der Waals surface area (Å²) in [6.07, 6.45) is 0. The van der Waals surface area contributed by atoms with E-state index in [0.717, 1.165) is 0 Å². The van der Waals surface area contributed by atoms with Crippen LogP contribution in [-0.2, 0) is 0 Å². The fourth-order valence-corrected chi connectivity index (χ4v) is 0. The summed E-state index contributed by atoms with van der Waals surface area (Å²) in [5.74, 6) is 0. The van der Waals surface area contributed by atoms with Crippen LogP contribution in [0.2, 0.25) is 0 Å². The molecule has 0 aliphatic carbocycles. The maximum absolute atomic E-state index is 9.75. The molecule has 0 aromatic rings. The van der Waals surface area contributed by atoms with E-state index in [4.69, 9.17) is 5.11 Å². The van der Waals surface area contributed by atoms with Gasteiger partial charge in [-0.25, -0.2) is 0 Å². The maximum atomic E-state index is 9.75. The normalized spacial score (nSPS) is 13.7. The molecular formula is C2H7BF4OS. The molecule has 0 saturated carbocycles. The van der Waals surface area contributed by atoms with Crippen LogP contribution in [0.5, 0.6) is 0 Å². The van der Waals surface area contributed by atoms with Crippen molar-refractivity contribution in [3.63, 3.8) is 0 Å². The van der Waals surface area contributed by atoms with Crippen LogP contribution < -0.4 is 0 Å². The van der Waals surface area contributed by atoms with E-state index in [0.29, 0.717) is 0 Å². The molecule has 0 saturated heterocycles. The Hall–Kier alpha value is 0.0949. The third-order valence-corrected chi connectivity index (χ3v) is 0. The van der Waals surface area contributed by atoms with Gasteiger partial charge in [-0.3, -0.25) is 0 Å². The lowest BCUT2D eigenvalue weighted by Gasteiger charge is -1.94. The van der Waals surface area contributed by atoms with Crippen molar-refractivity contribution in [3.05, 3.63) is 0 Å². The van der Waals surface area contributed by atoms with Gasteiger partial charge in [0.05, 0.1) is 0 Å². The summed E-state index contributed by atoms with van der Waals surface area (Å²) in [6.45, 7) is 1.70. The highest BCUT2D eigenvalue weighted by Gasteiger charge is 2.20. The molecule has 0 radical (unpaired) electrons. The quantitative estimate of drug-likeness (QED) is 0.184. The second-order valence-electron chi connectivity index (χ2n) is 1.17. The molecule has 0 rings (SSSR count). The van der Waals surface area contributed by atoms with Crippen LogP contribution in [-0.4, -0.2) is 17.8 Å². The predicted octanol–water partition coefficient (Wildman–Crippen LogP) is 1.29. The lowest BCUT2D eigenvalue weighted by atomic mass is 10.3. The van der Waals surface area contributed by atoms with Gasteiger partial charge in [-0.15, -0.1) is 0 Å². The average molecular weight is 166 g/mol. The Morgan fingerprint density at radius 1 is 1.33 bits per heavy atom. The lowest BCUT2D eigenvalue weighted by molar-refractivity contribution is 0.286. The van der Waals surface area contributed by atoms with Crippen LogP contribution in [0.15, 0.2) is 0 Å². The number of hydrogen-bond acceptors (Lipinski definition) is 1. The highest BCUT2D eigenvalue weighted by molar-refractivity contribution is 7.80. The SMILES string of the molecule is CC([OH2+])S.F[B-](F)(F)F. The van der Waals surface area contributed by atoms with Crippen LogP contribution in [0.25, 0.3) is 0 Å². The molecule has 0 bridgehead atoms. The second-order valence-corrected chi connectivity index (χ2v) is 1.95. The van der Waals surface area contributed by atoms with Crippen molar-refractivity contribution >= 4 is 19.9 Å². The molecule has 0 aliphatic heterocycles. The maximum Gasteiger partial charge on any atom is 0.673 e. The third-order valence-electron chi connectivity index (χ3n) is 0. The minimum atomic E-state index is -6.00. The van der Waals surface area contributed by atoms with E-state index in [1.807, 2.05) is 0 Å². The van der Waals surface area contributed by atoms with Gasteiger partial charge in [-0.2, -0.15) is 0 Å². The minimum Gasteiger partial charge on any atom is -0.436 e. The van der Waals surface area contributed by atoms with Gasteiger partial charge in [0.15, 0.2) is 5.44 Å². The summed E-state index contributed by atoms with van der Waals surface area (Å²) in [6, 6.07) is 0. The Morgan fingerprint density at radius 3 is 1.33 bits per heavy atom. The Morgan fingerprint density at radius 2 is 1.33 bits per heavy atom. The molecule has 0 spiro atoms. The molecule has 7 heteroatoms. The summed E-state index contributed by atoms with van der Waals surface area (Å²) >= 11 is 3.63. The van der Waals surface area contributed by atoms with E-state index in [2.05, 4.69) is 12.6 Å². The summed E-state index contributed by atoms with van der Waals surface area (Å²) in [7, 11) is -6.00. The Kier molecular flexibility index (Phi) is 6.48. The molecule has 0 heterocycles. The fraction of sp³-hybridized carbons (Fsp3) is 1.00. The molecule has 0 aliphatic rings. The zero-order valence-corrected chi connectivity index (χ0v) is 5.51. The Labute approximate surface area is 55.6 Å². The van der Waals surface area contributed by atoms with Gasteiger partial charge in [-0.1, -0.05) is 12.6 Å². The molecule has 0 aromatic heterocycles. The molecule has 58 valence electrons. The van der Waals surface area contributed by atoms with Crippen LogP contribution in [0.3, 0.4) is 0 Å². The van der Waals surface area contributed by atoms with Crippen molar-refractivity contribution in [2.45, 2.75) is 12.4 Å². The molecule has 9 heavy (non-hydrogen) atoms. The Bertz CT molecular complexity index is 55.3. The van der Waals surface area contributed by atoms with Gasteiger partial charge in [0.2, 0.25) is 0 Å². The smallest absolute Gasteiger partial charge is 0.436 e. The molecule has 1 nitrogen and oxygen atoms in total. The average Bonchev–Trinajstić information content (AvgIpc) is 1.19. The second kappa shape index (κ2) is 4.93. The first-order valence-corrected chi connectivity index (χ1v) is 2.51. The number of halogens is 4. The zero-order chi connectivity index (χ0) is 8.08. The number of thiol groups is 1. The molecule has 0 aromatic carbocycles. The predicted molar refractivity (Wildman–Crippen MR) is 32.2 cm³/mol. The van der Waals surface area contributed by atoms with Gasteiger partial charge in [0.1, 0.15) is 0 Å². The first-order chi connectivity index (χ1) is 3.73. The van der Waals surface area contributed by atoms with E-state index in [1.54, 1.807) is 6.92 Å². The van der Waals surface area contributed by atoms with E-state index < -0.39 is 7.25 Å². The van der Waals surface area contributed by atoms with Gasteiger partial charge >= 0.3 is 7.25 Å². The largest absolute Gasteiger partial charge is 0.673 e. The van der Waals surface area contributed by atoms with Crippen molar-refractivity contribution < 1.29 is 22.4 Å². The number of rotatable bonds is 0. The van der Waals surface area contributed by atoms with E-state index in [1.165, 1.54) is 0 Å². The van der Waals surface area contributed by atoms with Crippen molar-refractivity contribution in [1.29, 1.82) is 0 Å². The summed E-state index contributed by atoms with van der Waals surface area (Å²) in [4.78, 5) is 0. The topological polar surface area (TPSA) is 22.9 Å². The molecule has 1 unspecified atom stereocenters. The molecular weight excluding hydrogens is 159 g/mol. The van der Waals surface area contributed by atoms with Crippen molar-refractivity contribution in [2.24, 2.45) is 0 Å². The first kappa shape index (κ1) is 11.8. The third kappa shape index (κ3) is 33400. The van der Waals surface area contributed by atoms with E-state index in [-0.39, 0.29) is 5.44 Å². The molecule has 1 atom stereocenters. The van der Waals surface area contributed by atoms with Crippen LogP contribution in [0, 0.1) is 0 Å². The van der Waals surface area contributed by atoms with Gasteiger partial charge in [-0.05, 0) is 0 Å². The van der Waals surface area contributed by atoms with Gasteiger partial charge in [0, 0.05) is 6.92 Å². The molecule has 2 N–H and O–H groups in total. The Balaban J connectivity index is 0. The van der Waals surface area contributed by atoms with Gasteiger partial charge < -0.3 is 22.4 Å². The zero-order valence-electron chi connectivity index (χ0n) is 4.61. The lowest BCUT2D eigenvalue weighted by Crippen LogP contribution is -2.02. The summed E-state index contributed by atoms with van der Waals surface area (Å²) in [5, 5.41) is 6.45. The molecule has 0 amide bonds. The molecule has 0 fully saturated rings. The van der Waals surface area contributed by atoms with Gasteiger partial charge in [0.25, 0.3) is 0 Å². The van der Waals surface area contributed by atoms with Crippen molar-refractivity contribution in [1.82, 2.24) is 0 Å². The summed E-state index contributed by atoms with van der Waals surface area (Å²) < 4.78 is 39.0. The monoisotopic (exact) mass is 166 g/mol. The highest BCUT2D eigenvalue weighted by atomic mass is 32.1. The van der Waals surface area contributed by atoms with Crippen LogP contribution >= 0.6 is 12.6 Å².